The van der Waals surface area contributed by atoms with Crippen LogP contribution in [0.2, 0.25) is 0 Å². The summed E-state index contributed by atoms with van der Waals surface area (Å²) in [5, 5.41) is 6.25. The maximum atomic E-state index is 11.9. The van der Waals surface area contributed by atoms with Crippen LogP contribution in [-0.4, -0.2) is 35.4 Å². The summed E-state index contributed by atoms with van der Waals surface area (Å²) in [7, 11) is 0. The Hall–Kier alpha value is -0.940. The topological polar surface area (TPSA) is 45.2 Å². The number of hydrogen-bond acceptors (Lipinski definition) is 4. The number of aryl methyl sites for hydroxylation is 1. The second-order valence-electron chi connectivity index (χ2n) is 5.42. The van der Waals surface area contributed by atoms with Gasteiger partial charge in [0.15, 0.2) is 0 Å². The molecule has 0 saturated carbocycles. The number of aromatic nitrogens is 1. The third-order valence-electron chi connectivity index (χ3n) is 4.24. The highest BCUT2D eigenvalue weighted by atomic mass is 32.1. The van der Waals surface area contributed by atoms with Gasteiger partial charge in [-0.05, 0) is 39.3 Å². The maximum absolute atomic E-state index is 11.9. The van der Waals surface area contributed by atoms with Crippen molar-refractivity contribution in [1.29, 1.82) is 0 Å². The molecule has 1 spiro atoms. The summed E-state index contributed by atoms with van der Waals surface area (Å²) in [6.07, 6.45) is 3.03. The fraction of sp³-hybridized carbons (Fsp3) is 0.692. The molecule has 98 valence electrons. The van der Waals surface area contributed by atoms with Crippen molar-refractivity contribution in [2.75, 3.05) is 19.6 Å². The standard InChI is InChI=1S/C13H19N3OS/c1-10-15-11(9-18-10)8-16-6-3-13(4-7-16)2-5-14-12(13)17/h9H,2-8H2,1H3,(H,14,17). The van der Waals surface area contributed by atoms with Crippen LogP contribution in [0.5, 0.6) is 0 Å². The van der Waals surface area contributed by atoms with Gasteiger partial charge >= 0.3 is 0 Å². The number of nitrogens with zero attached hydrogens (tertiary/aromatic N) is 2. The zero-order valence-corrected chi connectivity index (χ0v) is 11.6. The van der Waals surface area contributed by atoms with Gasteiger partial charge in [0.05, 0.1) is 16.1 Å². The number of thiazole rings is 1. The minimum absolute atomic E-state index is 0.0471. The zero-order chi connectivity index (χ0) is 12.6. The summed E-state index contributed by atoms with van der Waals surface area (Å²) < 4.78 is 0. The average molecular weight is 265 g/mol. The summed E-state index contributed by atoms with van der Waals surface area (Å²) in [6.45, 7) is 5.88. The minimum Gasteiger partial charge on any atom is -0.356 e. The van der Waals surface area contributed by atoms with Crippen molar-refractivity contribution >= 4 is 17.2 Å². The first-order chi connectivity index (χ1) is 8.68. The Bertz CT molecular complexity index is 449. The van der Waals surface area contributed by atoms with Crippen LogP contribution in [0.4, 0.5) is 0 Å². The summed E-state index contributed by atoms with van der Waals surface area (Å²) in [6, 6.07) is 0. The number of hydrogen-bond donors (Lipinski definition) is 1. The largest absolute Gasteiger partial charge is 0.356 e. The summed E-state index contributed by atoms with van der Waals surface area (Å²) in [5.74, 6) is 0.284. The van der Waals surface area contributed by atoms with E-state index in [0.29, 0.717) is 0 Å². The van der Waals surface area contributed by atoms with E-state index in [-0.39, 0.29) is 11.3 Å². The quantitative estimate of drug-likeness (QED) is 0.882. The summed E-state index contributed by atoms with van der Waals surface area (Å²) in [4.78, 5) is 18.8. The lowest BCUT2D eigenvalue weighted by Crippen LogP contribution is -2.43. The zero-order valence-electron chi connectivity index (χ0n) is 10.7. The number of nitrogens with one attached hydrogen (secondary N) is 1. The number of likely N-dealkylation sites (tertiary alicyclic amines) is 1. The number of carbonyl (C=O) groups excluding carboxylic acids is 1. The van der Waals surface area contributed by atoms with E-state index in [9.17, 15) is 4.79 Å². The Morgan fingerprint density at radius 3 is 2.78 bits per heavy atom. The first-order valence-electron chi connectivity index (χ1n) is 6.60. The molecule has 1 aromatic rings. The van der Waals surface area contributed by atoms with Crippen molar-refractivity contribution in [2.45, 2.75) is 32.7 Å². The Morgan fingerprint density at radius 2 is 2.22 bits per heavy atom. The van der Waals surface area contributed by atoms with Crippen molar-refractivity contribution in [3.8, 4) is 0 Å². The second-order valence-corrected chi connectivity index (χ2v) is 6.48. The first-order valence-corrected chi connectivity index (χ1v) is 7.48. The van der Waals surface area contributed by atoms with Gasteiger partial charge in [-0.2, -0.15) is 0 Å². The molecule has 4 nitrogen and oxygen atoms in total. The highest BCUT2D eigenvalue weighted by Gasteiger charge is 2.44. The molecule has 2 saturated heterocycles. The van der Waals surface area contributed by atoms with E-state index in [1.165, 1.54) is 5.69 Å². The van der Waals surface area contributed by atoms with E-state index in [1.54, 1.807) is 11.3 Å². The van der Waals surface area contributed by atoms with Gasteiger partial charge in [0.2, 0.25) is 5.91 Å². The SMILES string of the molecule is Cc1nc(CN2CCC3(CCNC3=O)CC2)cs1. The van der Waals surface area contributed by atoms with Gasteiger partial charge in [0, 0.05) is 18.5 Å². The summed E-state index contributed by atoms with van der Waals surface area (Å²) >= 11 is 1.71. The van der Waals surface area contributed by atoms with Gasteiger partial charge in [0.25, 0.3) is 0 Å². The predicted molar refractivity (Wildman–Crippen MR) is 71.4 cm³/mol. The minimum atomic E-state index is -0.0471. The monoisotopic (exact) mass is 265 g/mol. The van der Waals surface area contributed by atoms with Gasteiger partial charge < -0.3 is 5.32 Å². The molecule has 0 aliphatic carbocycles. The highest BCUT2D eigenvalue weighted by Crippen LogP contribution is 2.38. The molecule has 1 N–H and O–H groups in total. The van der Waals surface area contributed by atoms with E-state index >= 15 is 0 Å². The van der Waals surface area contributed by atoms with Crippen LogP contribution in [0.25, 0.3) is 0 Å². The van der Waals surface area contributed by atoms with Crippen molar-refractivity contribution in [3.05, 3.63) is 16.1 Å². The van der Waals surface area contributed by atoms with Gasteiger partial charge in [-0.25, -0.2) is 4.98 Å². The van der Waals surface area contributed by atoms with Gasteiger partial charge in [0.1, 0.15) is 0 Å². The number of carbonyl (C=O) groups is 1. The Morgan fingerprint density at radius 1 is 1.44 bits per heavy atom. The van der Waals surface area contributed by atoms with Crippen molar-refractivity contribution in [3.63, 3.8) is 0 Å². The Balaban J connectivity index is 1.58. The van der Waals surface area contributed by atoms with E-state index < -0.39 is 0 Å². The molecule has 0 aromatic carbocycles. The lowest BCUT2D eigenvalue weighted by molar-refractivity contribution is -0.130. The van der Waals surface area contributed by atoms with Crippen LogP contribution in [-0.2, 0) is 11.3 Å². The first kappa shape index (κ1) is 12.1. The molecule has 5 heteroatoms. The molecular weight excluding hydrogens is 246 g/mol. The molecule has 18 heavy (non-hydrogen) atoms. The third-order valence-corrected chi connectivity index (χ3v) is 5.06. The third kappa shape index (κ3) is 2.17. The van der Waals surface area contributed by atoms with E-state index in [4.69, 9.17) is 0 Å². The van der Waals surface area contributed by atoms with E-state index in [1.807, 2.05) is 6.92 Å². The van der Waals surface area contributed by atoms with Gasteiger partial charge in [-0.1, -0.05) is 0 Å². The molecule has 3 heterocycles. The van der Waals surface area contributed by atoms with Gasteiger partial charge in [-0.15, -0.1) is 11.3 Å². The summed E-state index contributed by atoms with van der Waals surface area (Å²) in [5.41, 5.74) is 1.12. The van der Waals surface area contributed by atoms with Crippen LogP contribution in [0, 0.1) is 12.3 Å². The molecule has 0 bridgehead atoms. The van der Waals surface area contributed by atoms with Crippen LogP contribution < -0.4 is 5.32 Å². The molecule has 3 rings (SSSR count). The smallest absolute Gasteiger partial charge is 0.226 e. The normalized spacial score (nSPS) is 23.5. The highest BCUT2D eigenvalue weighted by molar-refractivity contribution is 7.09. The van der Waals surface area contributed by atoms with Crippen LogP contribution in [0.15, 0.2) is 5.38 Å². The molecule has 0 atom stereocenters. The number of piperidine rings is 1. The maximum Gasteiger partial charge on any atom is 0.226 e. The van der Waals surface area contributed by atoms with E-state index in [2.05, 4.69) is 20.6 Å². The molecule has 0 unspecified atom stereocenters. The van der Waals surface area contributed by atoms with Gasteiger partial charge in [-0.3, -0.25) is 9.69 Å². The fourth-order valence-corrected chi connectivity index (χ4v) is 3.65. The molecule has 2 aliphatic rings. The van der Waals surface area contributed by atoms with Crippen LogP contribution in [0.1, 0.15) is 30.0 Å². The van der Waals surface area contributed by atoms with Crippen molar-refractivity contribution < 1.29 is 4.79 Å². The lowest BCUT2D eigenvalue weighted by atomic mass is 9.77. The second kappa shape index (κ2) is 4.63. The number of rotatable bonds is 2. The average Bonchev–Trinajstić information content (AvgIpc) is 2.91. The van der Waals surface area contributed by atoms with Crippen molar-refractivity contribution in [2.24, 2.45) is 5.41 Å². The van der Waals surface area contributed by atoms with E-state index in [0.717, 1.165) is 50.4 Å². The molecule has 2 aliphatic heterocycles. The van der Waals surface area contributed by atoms with Crippen molar-refractivity contribution in [1.82, 2.24) is 15.2 Å². The van der Waals surface area contributed by atoms with Crippen LogP contribution in [0.3, 0.4) is 0 Å². The number of amides is 1. The lowest BCUT2D eigenvalue weighted by Gasteiger charge is -2.37. The molecule has 1 amide bonds. The Labute approximate surface area is 111 Å². The van der Waals surface area contributed by atoms with Crippen LogP contribution >= 0.6 is 11.3 Å². The Kier molecular flexibility index (Phi) is 3.11. The molecular formula is C13H19N3OS. The molecule has 1 aromatic heterocycles. The predicted octanol–water partition coefficient (Wildman–Crippen LogP) is 1.55. The fourth-order valence-electron chi connectivity index (χ4n) is 3.04. The molecule has 0 radical (unpaired) electrons. The molecule has 2 fully saturated rings.